The molecule has 1 rings (SSSR count). The van der Waals surface area contributed by atoms with E-state index in [0.717, 1.165) is 8.64 Å². The topological polar surface area (TPSA) is 23.6 Å². The minimum atomic E-state index is -0.444. The number of allylic oxidation sites excluding steroid dienone is 4. The summed E-state index contributed by atoms with van der Waals surface area (Å²) < 4.78 is 1.23. The smallest absolute Gasteiger partial charge is 0.239 e. The van der Waals surface area contributed by atoms with Crippen LogP contribution in [0, 0.1) is 0 Å². The fourth-order valence-corrected chi connectivity index (χ4v) is 3.90. The van der Waals surface area contributed by atoms with Crippen LogP contribution in [-0.4, -0.2) is 51.1 Å². The number of hydrogen-bond donors (Lipinski definition) is 2. The van der Waals surface area contributed by atoms with Gasteiger partial charge in [-0.3, -0.25) is 4.79 Å². The Morgan fingerprint density at radius 1 is 1.00 bits per heavy atom. The molecule has 0 heterocycles. The second-order valence-electron chi connectivity index (χ2n) is 6.13. The molecule has 0 aliphatic heterocycles. The summed E-state index contributed by atoms with van der Waals surface area (Å²) in [7, 11) is 10.7. The van der Waals surface area contributed by atoms with Gasteiger partial charge in [-0.15, -0.1) is 0 Å². The van der Waals surface area contributed by atoms with Crippen LogP contribution < -0.4 is 0 Å². The molecule has 0 unspecified atom stereocenters. The minimum Gasteiger partial charge on any atom is -0.363 e. The lowest BCUT2D eigenvalue weighted by Gasteiger charge is -2.15. The van der Waals surface area contributed by atoms with Gasteiger partial charge >= 0.3 is 0 Å². The summed E-state index contributed by atoms with van der Waals surface area (Å²) in [6.07, 6.45) is 6.13. The number of thiol groups is 2. The molecule has 0 bridgehead atoms. The molecule has 0 amide bonds. The van der Waals surface area contributed by atoms with Crippen molar-refractivity contribution >= 4 is 84.4 Å². The number of carbonyl (C=O) groups excluding carboxylic acids is 1. The summed E-state index contributed by atoms with van der Waals surface area (Å²) in [4.78, 5) is 13.0. The fourth-order valence-electron chi connectivity index (χ4n) is 1.52. The number of carbonyl (C=O) groups is 1. The Labute approximate surface area is 189 Å². The molecule has 1 aliphatic rings. The lowest BCUT2D eigenvalue weighted by molar-refractivity contribution is 0.277. The molecule has 9 heteroatoms. The molecular weight excluding hydrogens is 441 g/mol. The quantitative estimate of drug-likeness (QED) is 0.181. The van der Waals surface area contributed by atoms with E-state index in [9.17, 15) is 4.79 Å². The van der Waals surface area contributed by atoms with Gasteiger partial charge in [0.1, 0.15) is 8.64 Å². The molecule has 0 radical (unpaired) electrons. The van der Waals surface area contributed by atoms with Gasteiger partial charge in [0.2, 0.25) is 4.45 Å². The van der Waals surface area contributed by atoms with Gasteiger partial charge in [-0.25, -0.2) is 0 Å². The van der Waals surface area contributed by atoms with Crippen molar-refractivity contribution in [2.24, 2.45) is 0 Å². The first kappa shape index (κ1) is 28.5. The van der Waals surface area contributed by atoms with Gasteiger partial charge in [0.05, 0.1) is 0 Å². The molecule has 0 atom stereocenters. The summed E-state index contributed by atoms with van der Waals surface area (Å²) >= 11 is 16.5. The minimum absolute atomic E-state index is 0.444. The second-order valence-corrected chi connectivity index (χ2v) is 10.7. The Morgan fingerprint density at radius 2 is 1.38 bits per heavy atom. The van der Waals surface area contributed by atoms with Crippen molar-refractivity contribution in [3.8, 4) is 0 Å². The number of thiocarbonyl (C=S) groups is 2. The third-order valence-corrected chi connectivity index (χ3v) is 7.30. The van der Waals surface area contributed by atoms with E-state index < -0.39 is 4.45 Å². The molecule has 3 nitrogen and oxygen atoms in total. The van der Waals surface area contributed by atoms with Gasteiger partial charge in [-0.05, 0) is 61.6 Å². The second kappa shape index (κ2) is 16.3. The highest BCUT2D eigenvalue weighted by atomic mass is 33.1. The Hall–Kier alpha value is 0.330. The standard InChI is InChI=1S/C10H16.C6H12N2S4.CH2OS2/c1-8(2)10-6-4-9(3)5-7-10;1-7(2)5(9)11-12-6(10)8(3)4;2-1(3)4/h4H,5-7H2,1-3H3;1-4H3;(H2,2,3,4). The molecule has 1 aliphatic carbocycles. The van der Waals surface area contributed by atoms with Gasteiger partial charge in [0.25, 0.3) is 0 Å². The summed E-state index contributed by atoms with van der Waals surface area (Å²) in [5, 5.41) is 0. The first-order chi connectivity index (χ1) is 11.9. The van der Waals surface area contributed by atoms with E-state index in [1.54, 1.807) is 11.1 Å². The Kier molecular flexibility index (Phi) is 17.9. The van der Waals surface area contributed by atoms with Crippen LogP contribution in [0.25, 0.3) is 0 Å². The predicted octanol–water partition coefficient (Wildman–Crippen LogP) is 6.48. The molecule has 0 aromatic rings. The highest BCUT2D eigenvalue weighted by Crippen LogP contribution is 2.26. The van der Waals surface area contributed by atoms with Crippen molar-refractivity contribution in [1.29, 1.82) is 0 Å². The van der Waals surface area contributed by atoms with E-state index in [0.29, 0.717) is 0 Å². The van der Waals surface area contributed by atoms with Gasteiger partial charge in [0.15, 0.2) is 0 Å². The van der Waals surface area contributed by atoms with E-state index in [2.05, 4.69) is 52.1 Å². The van der Waals surface area contributed by atoms with Crippen LogP contribution in [0.1, 0.15) is 40.0 Å². The van der Waals surface area contributed by atoms with E-state index in [-0.39, 0.29) is 0 Å². The number of hydrogen-bond acceptors (Lipinski definition) is 5. The van der Waals surface area contributed by atoms with Gasteiger partial charge in [0, 0.05) is 28.2 Å². The third kappa shape index (κ3) is 17.7. The first-order valence-corrected chi connectivity index (χ1v) is 11.7. The van der Waals surface area contributed by atoms with E-state index >= 15 is 0 Å². The Morgan fingerprint density at radius 3 is 1.62 bits per heavy atom. The lowest BCUT2D eigenvalue weighted by Crippen LogP contribution is -2.18. The molecule has 26 heavy (non-hydrogen) atoms. The maximum atomic E-state index is 9.17. The van der Waals surface area contributed by atoms with Crippen LogP contribution in [0.15, 0.2) is 22.8 Å². The van der Waals surface area contributed by atoms with Crippen LogP contribution in [0.5, 0.6) is 0 Å². The highest BCUT2D eigenvalue weighted by molar-refractivity contribution is 8.89. The van der Waals surface area contributed by atoms with Crippen molar-refractivity contribution in [3.05, 3.63) is 22.8 Å². The van der Waals surface area contributed by atoms with Gasteiger partial charge in [-0.2, -0.15) is 0 Å². The number of nitrogens with zero attached hydrogens (tertiary/aromatic N) is 2. The Bertz CT molecular complexity index is 513. The van der Waals surface area contributed by atoms with Crippen molar-refractivity contribution in [2.75, 3.05) is 28.2 Å². The third-order valence-electron chi connectivity index (χ3n) is 3.14. The maximum absolute atomic E-state index is 9.17. The van der Waals surface area contributed by atoms with Gasteiger partial charge < -0.3 is 9.80 Å². The fraction of sp³-hybridized carbons (Fsp3) is 0.588. The van der Waals surface area contributed by atoms with Crippen LogP contribution in [0.2, 0.25) is 0 Å². The summed E-state index contributed by atoms with van der Waals surface area (Å²) in [6.45, 7) is 6.65. The molecule has 0 N–H and O–H groups in total. The lowest BCUT2D eigenvalue weighted by atomic mass is 9.93. The van der Waals surface area contributed by atoms with Gasteiger partial charge in [-0.1, -0.05) is 72.5 Å². The van der Waals surface area contributed by atoms with E-state index in [1.165, 1.54) is 46.4 Å². The van der Waals surface area contributed by atoms with Crippen LogP contribution >= 0.6 is 71.3 Å². The number of rotatable bonds is 0. The monoisotopic (exact) mass is 470 g/mol. The molecule has 0 aromatic heterocycles. The highest BCUT2D eigenvalue weighted by Gasteiger charge is 2.05. The average molecular weight is 471 g/mol. The summed E-state index contributed by atoms with van der Waals surface area (Å²) in [5.41, 5.74) is 4.72. The van der Waals surface area contributed by atoms with Crippen molar-refractivity contribution in [2.45, 2.75) is 40.0 Å². The zero-order valence-corrected chi connectivity index (χ0v) is 21.6. The molecule has 150 valence electrons. The molecule has 0 saturated carbocycles. The average Bonchev–Trinajstić information content (AvgIpc) is 2.52. The zero-order valence-electron chi connectivity index (χ0n) is 16.5. The van der Waals surface area contributed by atoms with Crippen molar-refractivity contribution < 1.29 is 4.79 Å². The Balaban J connectivity index is 0. The van der Waals surface area contributed by atoms with Crippen molar-refractivity contribution in [3.63, 3.8) is 0 Å². The summed E-state index contributed by atoms with van der Waals surface area (Å²) in [5.74, 6) is 0. The van der Waals surface area contributed by atoms with E-state index in [4.69, 9.17) is 24.4 Å². The maximum Gasteiger partial charge on any atom is 0.239 e. The molecule has 0 fully saturated rings. The normalized spacial score (nSPS) is 12.5. The predicted molar refractivity (Wildman–Crippen MR) is 137 cm³/mol. The largest absolute Gasteiger partial charge is 0.363 e. The van der Waals surface area contributed by atoms with Crippen LogP contribution in [0.3, 0.4) is 0 Å². The SMILES string of the molecule is CC1=CCC(=C(C)C)CC1.CN(C)C(=S)SSC(=S)N(C)C.O=C(S)S. The van der Waals surface area contributed by atoms with E-state index in [1.807, 2.05) is 38.0 Å². The van der Waals surface area contributed by atoms with Crippen LogP contribution in [-0.2, 0) is 0 Å². The van der Waals surface area contributed by atoms with Crippen LogP contribution in [0.4, 0.5) is 4.79 Å². The summed E-state index contributed by atoms with van der Waals surface area (Å²) in [6, 6.07) is 0. The van der Waals surface area contributed by atoms with Crippen molar-refractivity contribution in [1.82, 2.24) is 9.80 Å². The molecule has 0 saturated heterocycles. The first-order valence-electron chi connectivity index (χ1n) is 7.88. The molecule has 0 spiro atoms. The zero-order chi connectivity index (χ0) is 20.9. The molecule has 0 aromatic carbocycles. The molecular formula is C17H30N2OS6.